The standard InChI is InChI=1S/C50H55FN10O5/c1-31-40-27-53-49(56-45(40)61(37-5-3-4-6-37)48(66)44(31)32(2)62)54-42-15-12-38(26-52-42)59-23-21-58(22-24-59)29-34-9-7-33(8-10-34)28-57-19-17-50(51,18-20-57)36-11-13-39-35(25-36)30-60(47(39)65)41-14-16-43(63)55-46(41)64/h7-13,15,25-27,37,41H,3-6,14,16-24,28-30H2,1-2H3,(H,55,63,64)(H,52,53,54,56). The molecule has 16 heteroatoms. The maximum absolute atomic E-state index is 16.5. The average Bonchev–Trinajstić information content (AvgIpc) is 3.96. The third-order valence-electron chi connectivity index (χ3n) is 14.5. The molecule has 15 nitrogen and oxygen atoms in total. The number of aryl methyl sites for hydroxylation is 1. The van der Waals surface area contributed by atoms with Gasteiger partial charge in [0.05, 0.1) is 17.4 Å². The monoisotopic (exact) mass is 894 g/mol. The van der Waals surface area contributed by atoms with Crippen molar-refractivity contribution in [3.05, 3.63) is 116 Å². The van der Waals surface area contributed by atoms with Crippen LogP contribution in [0.1, 0.15) is 113 Å². The summed E-state index contributed by atoms with van der Waals surface area (Å²) in [5, 5.41) is 6.26. The van der Waals surface area contributed by atoms with Gasteiger partial charge in [-0.1, -0.05) is 49.2 Å². The Kier molecular flexibility index (Phi) is 11.7. The minimum absolute atomic E-state index is 0.00612. The lowest BCUT2D eigenvalue weighted by Gasteiger charge is -2.37. The van der Waals surface area contributed by atoms with Crippen LogP contribution in [0.4, 0.5) is 21.8 Å². The molecule has 0 bridgehead atoms. The second kappa shape index (κ2) is 17.8. The van der Waals surface area contributed by atoms with Crippen LogP contribution in [0.5, 0.6) is 0 Å². The Morgan fingerprint density at radius 2 is 1.55 bits per heavy atom. The van der Waals surface area contributed by atoms with E-state index in [1.54, 1.807) is 35.9 Å². The Hall–Kier alpha value is -6.39. The molecular formula is C50H55FN10O5. The highest BCUT2D eigenvalue weighted by molar-refractivity contribution is 6.05. The number of fused-ring (bicyclic) bond motifs is 2. The van der Waals surface area contributed by atoms with Gasteiger partial charge in [-0.05, 0) is 92.0 Å². The van der Waals surface area contributed by atoms with E-state index in [1.165, 1.54) is 23.0 Å². The number of Topliss-reactive ketones (excluding diaryl/α,β-unsaturated/α-hetero) is 1. The smallest absolute Gasteiger partial charge is 0.263 e. The van der Waals surface area contributed by atoms with E-state index in [-0.39, 0.29) is 47.7 Å². The maximum Gasteiger partial charge on any atom is 0.263 e. The van der Waals surface area contributed by atoms with Gasteiger partial charge in [0.15, 0.2) is 5.78 Å². The molecule has 2 aromatic carbocycles. The molecule has 5 aliphatic rings. The molecule has 3 saturated heterocycles. The summed E-state index contributed by atoms with van der Waals surface area (Å²) in [7, 11) is 0. The predicted octanol–water partition coefficient (Wildman–Crippen LogP) is 6.10. The van der Waals surface area contributed by atoms with Gasteiger partial charge in [0.2, 0.25) is 17.8 Å². The molecule has 5 aromatic rings. The molecule has 0 radical (unpaired) electrons. The number of piperidine rings is 2. The van der Waals surface area contributed by atoms with E-state index in [9.17, 15) is 24.0 Å². The number of pyridine rings is 2. The van der Waals surface area contributed by atoms with Crippen LogP contribution in [-0.2, 0) is 34.9 Å². The highest BCUT2D eigenvalue weighted by Gasteiger charge is 2.42. The maximum atomic E-state index is 16.5. The summed E-state index contributed by atoms with van der Waals surface area (Å²) in [6.07, 6.45) is 8.59. The van der Waals surface area contributed by atoms with Crippen molar-refractivity contribution in [1.29, 1.82) is 0 Å². The van der Waals surface area contributed by atoms with E-state index in [2.05, 4.69) is 65.6 Å². The quantitative estimate of drug-likeness (QED) is 0.116. The summed E-state index contributed by atoms with van der Waals surface area (Å²) in [5.41, 5.74) is 4.89. The van der Waals surface area contributed by atoms with Gasteiger partial charge in [-0.3, -0.25) is 43.7 Å². The normalized spacial score (nSPS) is 20.5. The molecule has 1 unspecified atom stereocenters. The highest BCUT2D eigenvalue weighted by Crippen LogP contribution is 2.40. The largest absolute Gasteiger partial charge is 0.368 e. The number of anilines is 3. The number of carbonyl (C=O) groups is 4. The summed E-state index contributed by atoms with van der Waals surface area (Å²) >= 11 is 0. The summed E-state index contributed by atoms with van der Waals surface area (Å²) in [4.78, 5) is 86.0. The fourth-order valence-electron chi connectivity index (χ4n) is 10.7. The summed E-state index contributed by atoms with van der Waals surface area (Å²) in [6.45, 7) is 9.87. The fourth-order valence-corrected chi connectivity index (χ4v) is 10.7. The van der Waals surface area contributed by atoms with Gasteiger partial charge in [-0.2, -0.15) is 4.98 Å². The van der Waals surface area contributed by atoms with Crippen molar-refractivity contribution in [3.63, 3.8) is 0 Å². The molecule has 7 heterocycles. The minimum atomic E-state index is -1.50. The Labute approximate surface area is 382 Å². The van der Waals surface area contributed by atoms with Crippen molar-refractivity contribution in [3.8, 4) is 0 Å². The highest BCUT2D eigenvalue weighted by atomic mass is 19.1. The van der Waals surface area contributed by atoms with Gasteiger partial charge in [0, 0.05) is 88.5 Å². The predicted molar refractivity (Wildman–Crippen MR) is 247 cm³/mol. The molecular weight excluding hydrogens is 840 g/mol. The van der Waals surface area contributed by atoms with Crippen LogP contribution in [0.3, 0.4) is 0 Å². The van der Waals surface area contributed by atoms with Gasteiger partial charge >= 0.3 is 0 Å². The van der Waals surface area contributed by atoms with Crippen molar-refractivity contribution < 1.29 is 23.6 Å². The lowest BCUT2D eigenvalue weighted by atomic mass is 9.84. The van der Waals surface area contributed by atoms with Crippen molar-refractivity contribution in [1.82, 2.24) is 39.5 Å². The van der Waals surface area contributed by atoms with Gasteiger partial charge in [0.25, 0.3) is 11.5 Å². The topological polar surface area (TPSA) is 166 Å². The first-order chi connectivity index (χ1) is 31.9. The molecule has 4 aliphatic heterocycles. The van der Waals surface area contributed by atoms with Crippen LogP contribution >= 0.6 is 0 Å². The average molecular weight is 895 g/mol. The molecule has 1 saturated carbocycles. The summed E-state index contributed by atoms with van der Waals surface area (Å²) < 4.78 is 18.2. The molecule has 10 rings (SSSR count). The second-order valence-electron chi connectivity index (χ2n) is 18.7. The van der Waals surface area contributed by atoms with Crippen molar-refractivity contribution in [2.45, 2.75) is 103 Å². The van der Waals surface area contributed by atoms with Crippen molar-refractivity contribution in [2.24, 2.45) is 0 Å². The van der Waals surface area contributed by atoms with E-state index in [0.717, 1.165) is 76.2 Å². The van der Waals surface area contributed by atoms with Crippen molar-refractivity contribution in [2.75, 3.05) is 49.5 Å². The Morgan fingerprint density at radius 3 is 2.20 bits per heavy atom. The van der Waals surface area contributed by atoms with Gasteiger partial charge in [0.1, 0.15) is 23.2 Å². The van der Waals surface area contributed by atoms with Crippen LogP contribution in [-0.4, -0.2) is 103 Å². The van der Waals surface area contributed by atoms with E-state index < -0.39 is 17.6 Å². The lowest BCUT2D eigenvalue weighted by molar-refractivity contribution is -0.136. The van der Waals surface area contributed by atoms with E-state index in [1.807, 2.05) is 12.3 Å². The molecule has 3 amide bonds. The number of nitrogens with zero attached hydrogens (tertiary/aromatic N) is 8. The van der Waals surface area contributed by atoms with Crippen LogP contribution in [0.2, 0.25) is 0 Å². The number of rotatable bonds is 11. The van der Waals surface area contributed by atoms with E-state index >= 15 is 4.39 Å². The number of hydrogen-bond donors (Lipinski definition) is 2. The third-order valence-corrected chi connectivity index (χ3v) is 14.5. The number of carbonyl (C=O) groups excluding carboxylic acids is 4. The summed E-state index contributed by atoms with van der Waals surface area (Å²) in [5.74, 6) is -0.328. The van der Waals surface area contributed by atoms with Crippen LogP contribution in [0.25, 0.3) is 11.0 Å². The molecule has 66 heavy (non-hydrogen) atoms. The third kappa shape index (κ3) is 8.47. The summed E-state index contributed by atoms with van der Waals surface area (Å²) in [6, 6.07) is 17.3. The van der Waals surface area contributed by atoms with E-state index in [4.69, 9.17) is 4.98 Å². The number of nitrogens with one attached hydrogen (secondary N) is 2. The first kappa shape index (κ1) is 43.5. The number of aromatic nitrogens is 4. The second-order valence-corrected chi connectivity index (χ2v) is 18.7. The zero-order valence-corrected chi connectivity index (χ0v) is 37.5. The van der Waals surface area contributed by atoms with Gasteiger partial charge in [-0.25, -0.2) is 14.4 Å². The SMILES string of the molecule is CC(=O)c1c(C)c2cnc(Nc3ccc(N4CCN(Cc5ccc(CN6CCC(F)(c7ccc8c(c7)CN(C7CCC(=O)NC7=O)C8=O)CC6)cc5)CC4)cn3)nc2n(C2CCCC2)c1=O. The molecule has 0 spiro atoms. The zero-order chi connectivity index (χ0) is 45.7. The van der Waals surface area contributed by atoms with Crippen molar-refractivity contribution >= 4 is 52.0 Å². The Morgan fingerprint density at radius 1 is 0.848 bits per heavy atom. The first-order valence-electron chi connectivity index (χ1n) is 23.3. The molecule has 2 N–H and O–H groups in total. The number of amides is 3. The molecule has 3 aromatic heterocycles. The first-order valence-corrected chi connectivity index (χ1v) is 23.3. The van der Waals surface area contributed by atoms with Crippen LogP contribution in [0, 0.1) is 6.92 Å². The molecule has 342 valence electrons. The number of imide groups is 1. The number of benzene rings is 2. The molecule has 1 aliphatic carbocycles. The zero-order valence-electron chi connectivity index (χ0n) is 37.5. The van der Waals surface area contributed by atoms with Crippen LogP contribution < -0.4 is 21.1 Å². The van der Waals surface area contributed by atoms with Crippen LogP contribution in [0.15, 0.2) is 71.8 Å². The number of hydrogen-bond acceptors (Lipinski definition) is 12. The fraction of sp³-hybridized carbons (Fsp3) is 0.440. The number of ketones is 1. The molecule has 1 atom stereocenters. The van der Waals surface area contributed by atoms with Gasteiger partial charge < -0.3 is 15.1 Å². The Bertz CT molecular complexity index is 2770. The molecule has 4 fully saturated rings. The van der Waals surface area contributed by atoms with Gasteiger partial charge in [-0.15, -0.1) is 0 Å². The number of halogens is 1. The Balaban J connectivity index is 0.693. The number of alkyl halides is 1. The lowest BCUT2D eigenvalue weighted by Crippen LogP contribution is -2.52. The number of likely N-dealkylation sites (tertiary alicyclic amines) is 1. The number of piperazine rings is 1. The minimum Gasteiger partial charge on any atom is -0.368 e. The van der Waals surface area contributed by atoms with E-state index in [0.29, 0.717) is 71.8 Å².